The van der Waals surface area contributed by atoms with Gasteiger partial charge >= 0.3 is 0 Å². The van der Waals surface area contributed by atoms with Gasteiger partial charge in [0.25, 0.3) is 11.5 Å². The fourth-order valence-corrected chi connectivity index (χ4v) is 2.89. The molecule has 0 unspecified atom stereocenters. The molecule has 0 saturated heterocycles. The summed E-state index contributed by atoms with van der Waals surface area (Å²) in [5, 5.41) is 8.97. The number of thiophene rings is 1. The lowest BCUT2D eigenvalue weighted by atomic mass is 10.3. The third-order valence-electron chi connectivity index (χ3n) is 3.20. The maximum atomic E-state index is 12.0. The summed E-state index contributed by atoms with van der Waals surface area (Å²) in [5.41, 5.74) is 1.42. The minimum Gasteiger partial charge on any atom is -0.463 e. The molecule has 0 spiro atoms. The van der Waals surface area contributed by atoms with Crippen LogP contribution in [0.15, 0.2) is 51.2 Å². The highest BCUT2D eigenvalue weighted by molar-refractivity contribution is 7.12. The minimum absolute atomic E-state index is 0.140. The Morgan fingerprint density at radius 2 is 2.26 bits per heavy atom. The molecule has 0 radical (unpaired) electrons. The second kappa shape index (κ2) is 6.62. The zero-order chi connectivity index (χ0) is 16.2. The number of carbonyl (C=O) groups excluding carboxylic acids is 1. The smallest absolute Gasteiger partial charge is 0.266 e. The van der Waals surface area contributed by atoms with E-state index in [1.54, 1.807) is 24.5 Å². The van der Waals surface area contributed by atoms with E-state index in [1.807, 2.05) is 18.4 Å². The van der Waals surface area contributed by atoms with Crippen LogP contribution in [0.2, 0.25) is 0 Å². The summed E-state index contributed by atoms with van der Waals surface area (Å²) in [6, 6.07) is 8.43. The first kappa shape index (κ1) is 15.2. The van der Waals surface area contributed by atoms with Crippen LogP contribution in [0.1, 0.15) is 15.2 Å². The average Bonchev–Trinajstić information content (AvgIpc) is 3.20. The molecule has 3 heterocycles. The quantitative estimate of drug-likeness (QED) is 0.779. The van der Waals surface area contributed by atoms with Crippen molar-refractivity contribution in [3.05, 3.63) is 62.8 Å². The molecular formula is C16H15N3O3S. The Bertz CT molecular complexity index is 865. The van der Waals surface area contributed by atoms with Crippen molar-refractivity contribution in [1.82, 2.24) is 15.1 Å². The molecular weight excluding hydrogens is 314 g/mol. The van der Waals surface area contributed by atoms with E-state index >= 15 is 0 Å². The van der Waals surface area contributed by atoms with E-state index in [2.05, 4.69) is 10.4 Å². The van der Waals surface area contributed by atoms with Crippen molar-refractivity contribution in [3.8, 4) is 11.5 Å². The standard InChI is InChI=1S/C16H15N3O3S/c1-11-9-14(23-10-11)16(21)17-6-7-19-15(20)5-4-12(18-19)13-3-2-8-22-13/h2-5,8-10H,6-7H2,1H3,(H,17,21). The van der Waals surface area contributed by atoms with Crippen LogP contribution in [0.25, 0.3) is 11.5 Å². The number of nitrogens with one attached hydrogen (secondary N) is 1. The molecule has 3 aromatic rings. The van der Waals surface area contributed by atoms with E-state index in [0.29, 0.717) is 29.4 Å². The zero-order valence-electron chi connectivity index (χ0n) is 12.5. The van der Waals surface area contributed by atoms with E-state index in [9.17, 15) is 9.59 Å². The molecule has 7 heteroatoms. The number of amides is 1. The van der Waals surface area contributed by atoms with E-state index < -0.39 is 0 Å². The molecule has 118 valence electrons. The van der Waals surface area contributed by atoms with Gasteiger partial charge in [-0.3, -0.25) is 9.59 Å². The first-order valence-corrected chi connectivity index (χ1v) is 7.97. The molecule has 0 bridgehead atoms. The number of hydrogen-bond donors (Lipinski definition) is 1. The second-order valence-electron chi connectivity index (χ2n) is 5.00. The van der Waals surface area contributed by atoms with Crippen molar-refractivity contribution in [1.29, 1.82) is 0 Å². The van der Waals surface area contributed by atoms with Crippen molar-refractivity contribution < 1.29 is 9.21 Å². The van der Waals surface area contributed by atoms with Crippen molar-refractivity contribution in [2.45, 2.75) is 13.5 Å². The Balaban J connectivity index is 1.65. The molecule has 6 nitrogen and oxygen atoms in total. The van der Waals surface area contributed by atoms with Crippen LogP contribution in [0.3, 0.4) is 0 Å². The molecule has 0 fully saturated rings. The second-order valence-corrected chi connectivity index (χ2v) is 5.91. The van der Waals surface area contributed by atoms with Crippen LogP contribution >= 0.6 is 11.3 Å². The maximum absolute atomic E-state index is 12.0. The predicted octanol–water partition coefficient (Wildman–Crippen LogP) is 2.30. The fraction of sp³-hybridized carbons (Fsp3) is 0.188. The van der Waals surface area contributed by atoms with Crippen LogP contribution in [0, 0.1) is 6.92 Å². The predicted molar refractivity (Wildman–Crippen MR) is 87.6 cm³/mol. The summed E-state index contributed by atoms with van der Waals surface area (Å²) in [6.45, 7) is 2.56. The summed E-state index contributed by atoms with van der Waals surface area (Å²) in [7, 11) is 0. The molecule has 1 N–H and O–H groups in total. The molecule has 0 atom stereocenters. The maximum Gasteiger partial charge on any atom is 0.266 e. The molecule has 1 amide bonds. The van der Waals surface area contributed by atoms with Gasteiger partial charge in [-0.15, -0.1) is 11.3 Å². The van der Waals surface area contributed by atoms with Crippen molar-refractivity contribution in [2.75, 3.05) is 6.54 Å². The number of furan rings is 1. The molecule has 0 aliphatic heterocycles. The largest absolute Gasteiger partial charge is 0.463 e. The highest BCUT2D eigenvalue weighted by Gasteiger charge is 2.09. The molecule has 3 aromatic heterocycles. The SMILES string of the molecule is Cc1csc(C(=O)NCCn2nc(-c3ccco3)ccc2=O)c1. The number of aromatic nitrogens is 2. The average molecular weight is 329 g/mol. The van der Waals surface area contributed by atoms with Gasteiger partial charge in [0.15, 0.2) is 5.76 Å². The Morgan fingerprint density at radius 1 is 1.39 bits per heavy atom. The van der Waals surface area contributed by atoms with Gasteiger partial charge in [-0.05, 0) is 42.1 Å². The topological polar surface area (TPSA) is 77.1 Å². The van der Waals surface area contributed by atoms with E-state index in [0.717, 1.165) is 5.56 Å². The lowest BCUT2D eigenvalue weighted by molar-refractivity contribution is 0.0955. The van der Waals surface area contributed by atoms with Crippen molar-refractivity contribution in [2.24, 2.45) is 0 Å². The van der Waals surface area contributed by atoms with Gasteiger partial charge in [0.2, 0.25) is 0 Å². The molecule has 23 heavy (non-hydrogen) atoms. The van der Waals surface area contributed by atoms with Crippen LogP contribution in [0.5, 0.6) is 0 Å². The van der Waals surface area contributed by atoms with Gasteiger partial charge in [-0.25, -0.2) is 4.68 Å². The Hall–Kier alpha value is -2.67. The summed E-state index contributed by atoms with van der Waals surface area (Å²) < 4.78 is 6.59. The molecule has 0 aliphatic rings. The summed E-state index contributed by atoms with van der Waals surface area (Å²) in [6.07, 6.45) is 1.55. The lowest BCUT2D eigenvalue weighted by Gasteiger charge is -2.07. The van der Waals surface area contributed by atoms with Gasteiger partial charge < -0.3 is 9.73 Å². The lowest BCUT2D eigenvalue weighted by Crippen LogP contribution is -2.31. The molecule has 0 aromatic carbocycles. The van der Waals surface area contributed by atoms with E-state index in [4.69, 9.17) is 4.42 Å². The first-order chi connectivity index (χ1) is 11.1. The highest BCUT2D eigenvalue weighted by atomic mass is 32.1. The fourth-order valence-electron chi connectivity index (χ4n) is 2.08. The van der Waals surface area contributed by atoms with Crippen LogP contribution < -0.4 is 10.9 Å². The Morgan fingerprint density at radius 3 is 2.96 bits per heavy atom. The molecule has 3 rings (SSSR count). The number of rotatable bonds is 5. The van der Waals surface area contributed by atoms with Gasteiger partial charge in [0.1, 0.15) is 5.69 Å². The van der Waals surface area contributed by atoms with Gasteiger partial charge in [-0.2, -0.15) is 5.10 Å². The Labute approximate surface area is 136 Å². The highest BCUT2D eigenvalue weighted by Crippen LogP contribution is 2.15. The third kappa shape index (κ3) is 3.57. The number of carbonyl (C=O) groups is 1. The van der Waals surface area contributed by atoms with Crippen molar-refractivity contribution >= 4 is 17.2 Å². The number of aryl methyl sites for hydroxylation is 1. The summed E-state index contributed by atoms with van der Waals surface area (Å²) in [5.74, 6) is 0.454. The third-order valence-corrected chi connectivity index (χ3v) is 4.25. The summed E-state index contributed by atoms with van der Waals surface area (Å²) in [4.78, 5) is 24.5. The van der Waals surface area contributed by atoms with Gasteiger partial charge in [-0.1, -0.05) is 0 Å². The van der Waals surface area contributed by atoms with Crippen molar-refractivity contribution in [3.63, 3.8) is 0 Å². The Kier molecular flexibility index (Phi) is 4.38. The monoisotopic (exact) mass is 329 g/mol. The first-order valence-electron chi connectivity index (χ1n) is 7.09. The van der Waals surface area contributed by atoms with E-state index in [-0.39, 0.29) is 11.5 Å². The molecule has 0 aliphatic carbocycles. The molecule has 0 saturated carbocycles. The zero-order valence-corrected chi connectivity index (χ0v) is 13.3. The van der Waals surface area contributed by atoms with E-state index in [1.165, 1.54) is 22.1 Å². The number of nitrogens with zero attached hydrogens (tertiary/aromatic N) is 2. The van der Waals surface area contributed by atoms with Gasteiger partial charge in [0, 0.05) is 12.6 Å². The normalized spacial score (nSPS) is 10.7. The van der Waals surface area contributed by atoms with Crippen LogP contribution in [-0.2, 0) is 6.54 Å². The number of hydrogen-bond acceptors (Lipinski definition) is 5. The summed E-state index contributed by atoms with van der Waals surface area (Å²) >= 11 is 1.40. The van der Waals surface area contributed by atoms with Gasteiger partial charge in [0.05, 0.1) is 17.7 Å². The van der Waals surface area contributed by atoms with Crippen LogP contribution in [-0.4, -0.2) is 22.2 Å². The van der Waals surface area contributed by atoms with Crippen LogP contribution in [0.4, 0.5) is 0 Å². The minimum atomic E-state index is -0.221.